The van der Waals surface area contributed by atoms with Crippen LogP contribution in [0.1, 0.15) is 12.5 Å². The fraction of sp³-hybridized carbons (Fsp3) is 0.182. The molecule has 80 valence electrons. The van der Waals surface area contributed by atoms with Gasteiger partial charge in [-0.05, 0) is 30.2 Å². The zero-order valence-corrected chi connectivity index (χ0v) is 8.65. The lowest BCUT2D eigenvalue weighted by molar-refractivity contribution is -0.131. The fourth-order valence-electron chi connectivity index (χ4n) is 1.22. The van der Waals surface area contributed by atoms with Gasteiger partial charge in [-0.1, -0.05) is 6.07 Å². The molecule has 15 heavy (non-hydrogen) atoms. The minimum absolute atomic E-state index is 0.532. The normalized spacial score (nSPS) is 11.2. The Morgan fingerprint density at radius 1 is 1.53 bits per heavy atom. The van der Waals surface area contributed by atoms with Crippen LogP contribution in [0.4, 0.5) is 5.69 Å². The van der Waals surface area contributed by atoms with Crippen LogP contribution in [-0.4, -0.2) is 18.2 Å². The van der Waals surface area contributed by atoms with Crippen LogP contribution in [0.3, 0.4) is 0 Å². The lowest BCUT2D eigenvalue weighted by Gasteiger charge is -2.07. The van der Waals surface area contributed by atoms with E-state index in [4.69, 9.17) is 15.6 Å². The van der Waals surface area contributed by atoms with Crippen molar-refractivity contribution < 1.29 is 14.6 Å². The van der Waals surface area contributed by atoms with E-state index in [0.717, 1.165) is 11.6 Å². The smallest absolute Gasteiger partial charge is 0.328 e. The van der Waals surface area contributed by atoms with Crippen molar-refractivity contribution in [2.75, 3.05) is 12.8 Å². The number of carboxylic acids is 1. The molecule has 3 N–H and O–H groups in total. The quantitative estimate of drug-likeness (QED) is 0.585. The molecule has 1 rings (SSSR count). The van der Waals surface area contributed by atoms with Gasteiger partial charge in [0, 0.05) is 6.08 Å². The lowest BCUT2D eigenvalue weighted by Crippen LogP contribution is -1.94. The number of hydrogen-bond donors (Lipinski definition) is 2. The molecule has 0 saturated carbocycles. The maximum absolute atomic E-state index is 10.5. The summed E-state index contributed by atoms with van der Waals surface area (Å²) in [5.74, 6) is -0.422. The van der Waals surface area contributed by atoms with E-state index < -0.39 is 5.97 Å². The highest BCUT2D eigenvalue weighted by Gasteiger charge is 2.03. The van der Waals surface area contributed by atoms with E-state index in [9.17, 15) is 4.79 Å². The molecule has 0 aliphatic rings. The Morgan fingerprint density at radius 2 is 2.20 bits per heavy atom. The number of carbonyl (C=O) groups is 1. The molecule has 1 aromatic rings. The van der Waals surface area contributed by atoms with Crippen molar-refractivity contribution in [1.29, 1.82) is 0 Å². The van der Waals surface area contributed by atoms with E-state index in [-0.39, 0.29) is 0 Å². The van der Waals surface area contributed by atoms with Crippen molar-refractivity contribution in [3.8, 4) is 5.75 Å². The lowest BCUT2D eigenvalue weighted by atomic mass is 10.1. The molecule has 0 aliphatic heterocycles. The summed E-state index contributed by atoms with van der Waals surface area (Å²) < 4.78 is 5.04. The molecule has 1 aromatic carbocycles. The fourth-order valence-corrected chi connectivity index (χ4v) is 1.22. The number of ether oxygens (including phenoxy) is 1. The molecule has 0 radical (unpaired) electrons. The first kappa shape index (κ1) is 11.1. The Kier molecular flexibility index (Phi) is 3.33. The van der Waals surface area contributed by atoms with Gasteiger partial charge in [-0.2, -0.15) is 0 Å². The third kappa shape index (κ3) is 2.74. The van der Waals surface area contributed by atoms with Gasteiger partial charge in [-0.3, -0.25) is 0 Å². The standard InChI is InChI=1S/C11H13NO3/c1-7(5-11(13)14)8-3-4-9(12)10(6-8)15-2/h3-6H,12H2,1-2H3,(H,13,14). The third-order valence-electron chi connectivity index (χ3n) is 2.03. The highest BCUT2D eigenvalue weighted by molar-refractivity contribution is 5.89. The third-order valence-corrected chi connectivity index (χ3v) is 2.03. The molecule has 0 aliphatic carbocycles. The molecule has 4 nitrogen and oxygen atoms in total. The molecular formula is C11H13NO3. The van der Waals surface area contributed by atoms with E-state index >= 15 is 0 Å². The number of allylic oxidation sites excluding steroid dienone is 1. The average Bonchev–Trinajstić information content (AvgIpc) is 2.17. The monoisotopic (exact) mass is 207 g/mol. The first-order chi connectivity index (χ1) is 7.04. The van der Waals surface area contributed by atoms with Crippen molar-refractivity contribution >= 4 is 17.2 Å². The van der Waals surface area contributed by atoms with E-state index in [1.165, 1.54) is 7.11 Å². The number of hydrogen-bond acceptors (Lipinski definition) is 3. The highest BCUT2D eigenvalue weighted by Crippen LogP contribution is 2.25. The Hall–Kier alpha value is -1.97. The van der Waals surface area contributed by atoms with Crippen molar-refractivity contribution in [2.45, 2.75) is 6.92 Å². The number of anilines is 1. The first-order valence-corrected chi connectivity index (χ1v) is 4.39. The first-order valence-electron chi connectivity index (χ1n) is 4.39. The number of nitrogen functional groups attached to an aromatic ring is 1. The zero-order chi connectivity index (χ0) is 11.4. The minimum Gasteiger partial charge on any atom is -0.495 e. The number of rotatable bonds is 3. The Balaban J connectivity index is 3.11. The van der Waals surface area contributed by atoms with Crippen LogP contribution >= 0.6 is 0 Å². The topological polar surface area (TPSA) is 72.5 Å². The van der Waals surface area contributed by atoms with Crippen LogP contribution in [0.25, 0.3) is 5.57 Å². The maximum atomic E-state index is 10.5. The van der Waals surface area contributed by atoms with Gasteiger partial charge in [0.05, 0.1) is 12.8 Å². The number of benzene rings is 1. The number of aliphatic carboxylic acids is 1. The summed E-state index contributed by atoms with van der Waals surface area (Å²) in [6.07, 6.45) is 1.14. The molecule has 4 heteroatoms. The van der Waals surface area contributed by atoms with E-state index in [2.05, 4.69) is 0 Å². The number of methoxy groups -OCH3 is 1. The SMILES string of the molecule is COc1cc(C(C)=CC(=O)O)ccc1N. The molecule has 0 amide bonds. The molecular weight excluding hydrogens is 194 g/mol. The molecule has 0 unspecified atom stereocenters. The Labute approximate surface area is 88.0 Å². The van der Waals surface area contributed by atoms with E-state index in [1.807, 2.05) is 0 Å². The van der Waals surface area contributed by atoms with Gasteiger partial charge in [-0.15, -0.1) is 0 Å². The van der Waals surface area contributed by atoms with E-state index in [0.29, 0.717) is 17.0 Å². The van der Waals surface area contributed by atoms with Crippen molar-refractivity contribution in [2.24, 2.45) is 0 Å². The summed E-state index contributed by atoms with van der Waals surface area (Å²) in [6, 6.07) is 5.16. The average molecular weight is 207 g/mol. The largest absolute Gasteiger partial charge is 0.495 e. The van der Waals surface area contributed by atoms with Crippen molar-refractivity contribution in [1.82, 2.24) is 0 Å². The second kappa shape index (κ2) is 4.50. The molecule has 0 saturated heterocycles. The molecule has 0 spiro atoms. The van der Waals surface area contributed by atoms with Crippen LogP contribution in [-0.2, 0) is 4.79 Å². The summed E-state index contributed by atoms with van der Waals surface area (Å²) in [7, 11) is 1.52. The predicted octanol–water partition coefficient (Wildman–Crippen LogP) is 1.77. The summed E-state index contributed by atoms with van der Waals surface area (Å²) >= 11 is 0. The van der Waals surface area contributed by atoms with Gasteiger partial charge < -0.3 is 15.6 Å². The minimum atomic E-state index is -0.969. The van der Waals surface area contributed by atoms with Crippen LogP contribution in [0.2, 0.25) is 0 Å². The summed E-state index contributed by atoms with van der Waals surface area (Å²) in [5, 5.41) is 8.59. The zero-order valence-electron chi connectivity index (χ0n) is 8.65. The molecule has 0 heterocycles. The van der Waals surface area contributed by atoms with Gasteiger partial charge in [0.25, 0.3) is 0 Å². The second-order valence-corrected chi connectivity index (χ2v) is 3.12. The van der Waals surface area contributed by atoms with Gasteiger partial charge in [-0.25, -0.2) is 4.79 Å². The van der Waals surface area contributed by atoms with Crippen molar-refractivity contribution in [3.05, 3.63) is 29.8 Å². The Morgan fingerprint density at radius 3 is 2.73 bits per heavy atom. The second-order valence-electron chi connectivity index (χ2n) is 3.12. The summed E-state index contributed by atoms with van der Waals surface area (Å²) in [6.45, 7) is 1.72. The summed E-state index contributed by atoms with van der Waals surface area (Å²) in [4.78, 5) is 10.5. The summed E-state index contributed by atoms with van der Waals surface area (Å²) in [5.41, 5.74) is 7.61. The van der Waals surface area contributed by atoms with Gasteiger partial charge in [0.15, 0.2) is 0 Å². The molecule has 0 bridgehead atoms. The van der Waals surface area contributed by atoms with Crippen molar-refractivity contribution in [3.63, 3.8) is 0 Å². The Bertz CT molecular complexity index is 410. The highest BCUT2D eigenvalue weighted by atomic mass is 16.5. The van der Waals surface area contributed by atoms with Crippen LogP contribution < -0.4 is 10.5 Å². The van der Waals surface area contributed by atoms with Gasteiger partial charge in [0.1, 0.15) is 5.75 Å². The number of nitrogens with two attached hydrogens (primary N) is 1. The molecule has 0 aromatic heterocycles. The van der Waals surface area contributed by atoms with Gasteiger partial charge in [0.2, 0.25) is 0 Å². The van der Waals surface area contributed by atoms with Crippen LogP contribution in [0.15, 0.2) is 24.3 Å². The van der Waals surface area contributed by atoms with Gasteiger partial charge >= 0.3 is 5.97 Å². The predicted molar refractivity (Wildman–Crippen MR) is 58.7 cm³/mol. The van der Waals surface area contributed by atoms with Crippen LogP contribution in [0.5, 0.6) is 5.75 Å². The maximum Gasteiger partial charge on any atom is 0.328 e. The molecule has 0 fully saturated rings. The van der Waals surface area contributed by atoms with Crippen LogP contribution in [0, 0.1) is 0 Å². The molecule has 0 atom stereocenters. The number of carboxylic acid groups (broad SMARTS) is 1. The van der Waals surface area contributed by atoms with E-state index in [1.54, 1.807) is 25.1 Å².